The van der Waals surface area contributed by atoms with Gasteiger partial charge in [-0.3, -0.25) is 14.3 Å². The topological polar surface area (TPSA) is 114 Å². The maximum absolute atomic E-state index is 11.7. The van der Waals surface area contributed by atoms with Crippen LogP contribution in [0.25, 0.3) is 0 Å². The second kappa shape index (κ2) is 9.44. The Morgan fingerprint density at radius 3 is 2.58 bits per heavy atom. The van der Waals surface area contributed by atoms with Gasteiger partial charge in [0.15, 0.2) is 8.38 Å². The van der Waals surface area contributed by atoms with Crippen LogP contribution in [0.3, 0.4) is 0 Å². The van der Waals surface area contributed by atoms with Crippen LogP contribution in [0.15, 0.2) is 21.9 Å². The van der Waals surface area contributed by atoms with E-state index in [9.17, 15) is 9.59 Å². The van der Waals surface area contributed by atoms with E-state index in [0.29, 0.717) is 12.6 Å². The van der Waals surface area contributed by atoms with Gasteiger partial charge >= 0.3 is 5.69 Å². The molecule has 1 spiro atoms. The van der Waals surface area contributed by atoms with Crippen molar-refractivity contribution in [2.75, 3.05) is 20.4 Å². The van der Waals surface area contributed by atoms with E-state index in [4.69, 9.17) is 14.5 Å². The van der Waals surface area contributed by atoms with E-state index in [2.05, 4.69) is 9.72 Å². The average molecular weight is 362 g/mol. The molecule has 0 aromatic carbocycles. The van der Waals surface area contributed by atoms with Crippen LogP contribution in [0.5, 0.6) is 0 Å². The number of hydrogen-bond donors (Lipinski definition) is 3. The van der Waals surface area contributed by atoms with Crippen LogP contribution >= 0.6 is 8.38 Å². The standard InChI is InChI=1S/C11H15N2O5P.C2H6O.C2H6/c14-8-2-4-13(10(15)12-8)9-1-3-11(18-9)5-7(11)6-19(16)17;1-3-2;1-2/h2,4,7,9,16-17H,1,3,5-6H2,(H,12,14,15);1-2H3;1-2H3. The first-order valence-electron chi connectivity index (χ1n) is 7.96. The summed E-state index contributed by atoms with van der Waals surface area (Å²) in [6.07, 6.45) is 3.73. The molecule has 8 nitrogen and oxygen atoms in total. The van der Waals surface area contributed by atoms with Gasteiger partial charge < -0.3 is 19.3 Å². The Kier molecular flexibility index (Phi) is 8.26. The van der Waals surface area contributed by atoms with Gasteiger partial charge in [-0.05, 0) is 25.2 Å². The number of nitrogens with one attached hydrogen (secondary N) is 1. The van der Waals surface area contributed by atoms with Crippen molar-refractivity contribution in [3.05, 3.63) is 33.1 Å². The van der Waals surface area contributed by atoms with Crippen molar-refractivity contribution in [2.24, 2.45) is 5.92 Å². The molecule has 0 bridgehead atoms. The van der Waals surface area contributed by atoms with Crippen LogP contribution in [0.1, 0.15) is 39.3 Å². The van der Waals surface area contributed by atoms with E-state index in [1.807, 2.05) is 13.8 Å². The van der Waals surface area contributed by atoms with Gasteiger partial charge in [-0.25, -0.2) is 4.79 Å². The van der Waals surface area contributed by atoms with E-state index >= 15 is 0 Å². The molecule has 1 aliphatic carbocycles. The average Bonchev–Trinajstić information content (AvgIpc) is 2.99. The smallest absolute Gasteiger partial charge is 0.330 e. The largest absolute Gasteiger partial charge is 0.388 e. The number of nitrogens with zero attached hydrogens (tertiary/aromatic N) is 1. The van der Waals surface area contributed by atoms with E-state index in [-0.39, 0.29) is 17.7 Å². The number of aromatic nitrogens is 2. The van der Waals surface area contributed by atoms with Crippen LogP contribution in [-0.2, 0) is 9.47 Å². The lowest BCUT2D eigenvalue weighted by Gasteiger charge is -2.15. The summed E-state index contributed by atoms with van der Waals surface area (Å²) in [5.41, 5.74) is -1.20. The van der Waals surface area contributed by atoms with Crippen molar-refractivity contribution in [2.45, 2.75) is 44.9 Å². The number of ether oxygens (including phenoxy) is 2. The summed E-state index contributed by atoms with van der Waals surface area (Å²) in [4.78, 5) is 42.9. The highest BCUT2D eigenvalue weighted by Gasteiger charge is 2.60. The summed E-state index contributed by atoms with van der Waals surface area (Å²) in [7, 11) is 1.36. The number of aromatic amines is 1. The first kappa shape index (κ1) is 21.0. The molecule has 24 heavy (non-hydrogen) atoms. The number of methoxy groups -OCH3 is 1. The normalized spacial score (nSPS) is 27.3. The summed E-state index contributed by atoms with van der Waals surface area (Å²) in [6.45, 7) is 4.00. The SMILES string of the molecule is CC.COC.O=c1ccn(C2CCC3(CC3CP(O)O)O2)c(=O)[nH]1. The van der Waals surface area contributed by atoms with Gasteiger partial charge in [0.25, 0.3) is 5.56 Å². The Morgan fingerprint density at radius 1 is 1.42 bits per heavy atom. The third-order valence-corrected chi connectivity index (χ3v) is 4.67. The number of H-pyrrole nitrogens is 1. The molecule has 0 radical (unpaired) electrons. The molecule has 1 saturated heterocycles. The van der Waals surface area contributed by atoms with Gasteiger partial charge in [-0.1, -0.05) is 13.8 Å². The molecule has 1 aliphatic heterocycles. The van der Waals surface area contributed by atoms with Gasteiger partial charge in [0.1, 0.15) is 6.23 Å². The fourth-order valence-corrected chi connectivity index (χ4v) is 3.70. The second-order valence-electron chi connectivity index (χ2n) is 5.56. The summed E-state index contributed by atoms with van der Waals surface area (Å²) in [5, 5.41) is 0. The number of hydrogen-bond acceptors (Lipinski definition) is 6. The summed E-state index contributed by atoms with van der Waals surface area (Å²) in [5.74, 6) is 0.164. The molecule has 2 aliphatic rings. The zero-order chi connectivity index (χ0) is 18.3. The molecule has 3 rings (SSSR count). The molecule has 3 atom stereocenters. The predicted molar refractivity (Wildman–Crippen MR) is 92.0 cm³/mol. The molecule has 3 unspecified atom stereocenters. The van der Waals surface area contributed by atoms with Crippen molar-refractivity contribution < 1.29 is 19.3 Å². The Morgan fingerprint density at radius 2 is 2.04 bits per heavy atom. The van der Waals surface area contributed by atoms with Crippen molar-refractivity contribution in [1.29, 1.82) is 0 Å². The Bertz CT molecular complexity index is 616. The minimum Gasteiger partial charge on any atom is -0.388 e. The summed E-state index contributed by atoms with van der Waals surface area (Å²) >= 11 is 0. The molecular formula is C15H27N2O6P. The first-order chi connectivity index (χ1) is 11.4. The summed E-state index contributed by atoms with van der Waals surface area (Å²) < 4.78 is 11.5. The lowest BCUT2D eigenvalue weighted by Crippen LogP contribution is -2.31. The molecule has 138 valence electrons. The van der Waals surface area contributed by atoms with Crippen LogP contribution < -0.4 is 11.2 Å². The molecule has 1 aromatic heterocycles. The minimum atomic E-state index is -1.89. The quantitative estimate of drug-likeness (QED) is 0.696. The van der Waals surface area contributed by atoms with Crippen LogP contribution in [-0.4, -0.2) is 45.3 Å². The van der Waals surface area contributed by atoms with Crippen LogP contribution in [0.2, 0.25) is 0 Å². The Labute approximate surface area is 142 Å². The molecule has 3 N–H and O–H groups in total. The lowest BCUT2D eigenvalue weighted by atomic mass is 10.2. The van der Waals surface area contributed by atoms with Crippen molar-refractivity contribution >= 4 is 8.38 Å². The highest BCUT2D eigenvalue weighted by molar-refractivity contribution is 7.45. The van der Waals surface area contributed by atoms with Crippen LogP contribution in [0, 0.1) is 5.92 Å². The molecule has 2 fully saturated rings. The van der Waals surface area contributed by atoms with E-state index in [0.717, 1.165) is 12.8 Å². The van der Waals surface area contributed by atoms with Crippen molar-refractivity contribution in [1.82, 2.24) is 9.55 Å². The lowest BCUT2D eigenvalue weighted by molar-refractivity contribution is -0.0227. The molecule has 9 heteroatoms. The highest BCUT2D eigenvalue weighted by Crippen LogP contribution is 2.59. The van der Waals surface area contributed by atoms with Gasteiger partial charge in [-0.2, -0.15) is 0 Å². The third kappa shape index (κ3) is 5.22. The monoisotopic (exact) mass is 362 g/mol. The van der Waals surface area contributed by atoms with Gasteiger partial charge in [-0.15, -0.1) is 0 Å². The number of rotatable bonds is 3. The van der Waals surface area contributed by atoms with Gasteiger partial charge in [0.2, 0.25) is 0 Å². The summed E-state index contributed by atoms with van der Waals surface area (Å²) in [6, 6.07) is 1.29. The third-order valence-electron chi connectivity index (χ3n) is 3.91. The second-order valence-corrected chi connectivity index (χ2v) is 6.67. The van der Waals surface area contributed by atoms with Gasteiger partial charge in [0, 0.05) is 32.6 Å². The molecule has 1 saturated carbocycles. The minimum absolute atomic E-state index is 0.164. The Balaban J connectivity index is 0.000000521. The maximum atomic E-state index is 11.7. The predicted octanol–water partition coefficient (Wildman–Crippen LogP) is 1.19. The molecule has 1 aromatic rings. The molecular weight excluding hydrogens is 335 g/mol. The Hall–Kier alpha value is -1.05. The van der Waals surface area contributed by atoms with E-state index in [1.165, 1.54) is 16.8 Å². The first-order valence-corrected chi connectivity index (χ1v) is 9.40. The maximum Gasteiger partial charge on any atom is 0.330 e. The fourth-order valence-electron chi connectivity index (χ4n) is 2.84. The highest BCUT2D eigenvalue weighted by atomic mass is 31.2. The van der Waals surface area contributed by atoms with E-state index < -0.39 is 19.6 Å². The zero-order valence-electron chi connectivity index (χ0n) is 14.6. The van der Waals surface area contributed by atoms with Gasteiger partial charge in [0.05, 0.1) is 5.60 Å². The molecule has 0 amide bonds. The molecule has 2 heterocycles. The van der Waals surface area contributed by atoms with Crippen molar-refractivity contribution in [3.63, 3.8) is 0 Å². The van der Waals surface area contributed by atoms with Crippen LogP contribution in [0.4, 0.5) is 0 Å². The zero-order valence-corrected chi connectivity index (χ0v) is 15.5. The fraction of sp³-hybridized carbons (Fsp3) is 0.733. The van der Waals surface area contributed by atoms with E-state index in [1.54, 1.807) is 14.2 Å². The van der Waals surface area contributed by atoms with Crippen molar-refractivity contribution in [3.8, 4) is 0 Å².